The number of hydrogen-bond acceptors (Lipinski definition) is 3. The maximum absolute atomic E-state index is 11.8. The van der Waals surface area contributed by atoms with Gasteiger partial charge in [-0.05, 0) is 57.1 Å². The molecule has 114 valence electrons. The lowest BCUT2D eigenvalue weighted by atomic mass is 10.1. The molecule has 0 aliphatic carbocycles. The summed E-state index contributed by atoms with van der Waals surface area (Å²) in [5.41, 5.74) is 1.33. The number of carbonyl (C=O) groups is 2. The minimum atomic E-state index is -0.206. The minimum absolute atomic E-state index is 0.0209. The van der Waals surface area contributed by atoms with Gasteiger partial charge in [-0.2, -0.15) is 0 Å². The van der Waals surface area contributed by atoms with Crippen molar-refractivity contribution in [1.82, 2.24) is 10.2 Å². The number of benzene rings is 1. The summed E-state index contributed by atoms with van der Waals surface area (Å²) in [5.74, 6) is 0.0209. The topological polar surface area (TPSA) is 61.4 Å². The molecule has 2 rings (SSSR count). The van der Waals surface area contributed by atoms with Gasteiger partial charge in [-0.3, -0.25) is 4.79 Å². The summed E-state index contributed by atoms with van der Waals surface area (Å²) in [6, 6.07) is 6.70. The van der Waals surface area contributed by atoms with E-state index in [2.05, 4.69) is 15.5 Å². The van der Waals surface area contributed by atoms with Crippen molar-refractivity contribution in [3.63, 3.8) is 0 Å². The third-order valence-corrected chi connectivity index (χ3v) is 3.71. The third-order valence-electron chi connectivity index (χ3n) is 3.71. The largest absolute Gasteiger partial charge is 0.337 e. The van der Waals surface area contributed by atoms with Gasteiger partial charge in [0.05, 0.1) is 0 Å². The zero-order valence-corrected chi connectivity index (χ0v) is 12.5. The SMILES string of the molecule is CC(=O)c1ccc(NC(=O)NCCN2CCCCC2)cc1. The molecule has 2 amide bonds. The highest BCUT2D eigenvalue weighted by molar-refractivity contribution is 5.95. The van der Waals surface area contributed by atoms with Crippen molar-refractivity contribution in [2.75, 3.05) is 31.5 Å². The van der Waals surface area contributed by atoms with Crippen molar-refractivity contribution < 1.29 is 9.59 Å². The molecule has 5 nitrogen and oxygen atoms in total. The molecule has 1 aromatic carbocycles. The predicted molar refractivity (Wildman–Crippen MR) is 83.8 cm³/mol. The molecule has 2 N–H and O–H groups in total. The Bertz CT molecular complexity index is 479. The molecule has 1 heterocycles. The molecule has 0 aromatic heterocycles. The lowest BCUT2D eigenvalue weighted by Gasteiger charge is -2.26. The number of nitrogens with zero attached hydrogens (tertiary/aromatic N) is 1. The van der Waals surface area contributed by atoms with Gasteiger partial charge in [-0.1, -0.05) is 6.42 Å². The monoisotopic (exact) mass is 289 g/mol. The molecule has 1 aliphatic heterocycles. The third kappa shape index (κ3) is 5.19. The standard InChI is InChI=1S/C16H23N3O2/c1-13(20)14-5-7-15(8-6-14)18-16(21)17-9-12-19-10-3-2-4-11-19/h5-8H,2-4,9-12H2,1H3,(H2,17,18,21). The molecule has 0 bridgehead atoms. The fraction of sp³-hybridized carbons (Fsp3) is 0.500. The second kappa shape index (κ2) is 7.78. The highest BCUT2D eigenvalue weighted by Gasteiger charge is 2.10. The summed E-state index contributed by atoms with van der Waals surface area (Å²) in [4.78, 5) is 25.3. The van der Waals surface area contributed by atoms with E-state index >= 15 is 0 Å². The molecule has 1 saturated heterocycles. The van der Waals surface area contributed by atoms with Gasteiger partial charge in [0, 0.05) is 24.3 Å². The molecule has 0 atom stereocenters. The van der Waals surface area contributed by atoms with Gasteiger partial charge >= 0.3 is 6.03 Å². The molecule has 5 heteroatoms. The molecule has 1 aromatic rings. The van der Waals surface area contributed by atoms with Crippen LogP contribution < -0.4 is 10.6 Å². The van der Waals surface area contributed by atoms with Crippen LogP contribution in [0.4, 0.5) is 10.5 Å². The zero-order chi connectivity index (χ0) is 15.1. The van der Waals surface area contributed by atoms with Crippen LogP contribution in [0.3, 0.4) is 0 Å². The maximum atomic E-state index is 11.8. The molecular weight excluding hydrogens is 266 g/mol. The predicted octanol–water partition coefficient (Wildman–Crippen LogP) is 2.50. The molecule has 21 heavy (non-hydrogen) atoms. The molecule has 0 unspecified atom stereocenters. The minimum Gasteiger partial charge on any atom is -0.337 e. The van der Waals surface area contributed by atoms with Gasteiger partial charge in [0.2, 0.25) is 0 Å². The summed E-state index contributed by atoms with van der Waals surface area (Å²) in [6.07, 6.45) is 3.84. The number of ketones is 1. The number of rotatable bonds is 5. The molecule has 0 spiro atoms. The van der Waals surface area contributed by atoms with E-state index in [1.165, 1.54) is 26.2 Å². The molecule has 1 aliphatic rings. The van der Waals surface area contributed by atoms with E-state index in [1.54, 1.807) is 24.3 Å². The lowest BCUT2D eigenvalue weighted by Crippen LogP contribution is -2.39. The normalized spacial score (nSPS) is 15.5. The van der Waals surface area contributed by atoms with Crippen LogP contribution in [0.15, 0.2) is 24.3 Å². The van der Waals surface area contributed by atoms with E-state index in [4.69, 9.17) is 0 Å². The van der Waals surface area contributed by atoms with Gasteiger partial charge < -0.3 is 15.5 Å². The summed E-state index contributed by atoms with van der Waals surface area (Å²) < 4.78 is 0. The number of likely N-dealkylation sites (tertiary alicyclic amines) is 1. The quantitative estimate of drug-likeness (QED) is 0.819. The average Bonchev–Trinajstić information content (AvgIpc) is 2.49. The summed E-state index contributed by atoms with van der Waals surface area (Å²) >= 11 is 0. The van der Waals surface area contributed by atoms with Crippen LogP contribution >= 0.6 is 0 Å². The van der Waals surface area contributed by atoms with Crippen LogP contribution in [-0.4, -0.2) is 42.9 Å². The van der Waals surface area contributed by atoms with Crippen LogP contribution in [0.1, 0.15) is 36.5 Å². The Morgan fingerprint density at radius 3 is 2.38 bits per heavy atom. The van der Waals surface area contributed by atoms with Gasteiger partial charge in [-0.15, -0.1) is 0 Å². The van der Waals surface area contributed by atoms with Gasteiger partial charge in [0.25, 0.3) is 0 Å². The van der Waals surface area contributed by atoms with Gasteiger partial charge in [0.1, 0.15) is 0 Å². The maximum Gasteiger partial charge on any atom is 0.319 e. The first-order valence-corrected chi connectivity index (χ1v) is 7.53. The molecule has 0 radical (unpaired) electrons. The highest BCUT2D eigenvalue weighted by Crippen LogP contribution is 2.10. The van der Waals surface area contributed by atoms with Gasteiger partial charge in [-0.25, -0.2) is 4.79 Å². The van der Waals surface area contributed by atoms with Crippen LogP contribution in [0.5, 0.6) is 0 Å². The van der Waals surface area contributed by atoms with Crippen molar-refractivity contribution in [2.24, 2.45) is 0 Å². The van der Waals surface area contributed by atoms with Gasteiger partial charge in [0.15, 0.2) is 5.78 Å². The first-order chi connectivity index (χ1) is 10.1. The average molecular weight is 289 g/mol. The number of Topliss-reactive ketones (excluding diaryl/α,β-unsaturated/α-hetero) is 1. The Morgan fingerprint density at radius 2 is 1.76 bits per heavy atom. The van der Waals surface area contributed by atoms with Crippen molar-refractivity contribution in [3.05, 3.63) is 29.8 Å². The number of nitrogens with one attached hydrogen (secondary N) is 2. The molecular formula is C16H23N3O2. The first kappa shape index (κ1) is 15.5. The van der Waals surface area contributed by atoms with E-state index in [0.29, 0.717) is 17.8 Å². The second-order valence-electron chi connectivity index (χ2n) is 5.42. The molecule has 1 fully saturated rings. The first-order valence-electron chi connectivity index (χ1n) is 7.53. The van der Waals surface area contributed by atoms with Crippen LogP contribution in [0.2, 0.25) is 0 Å². The number of anilines is 1. The summed E-state index contributed by atoms with van der Waals surface area (Å²) in [5, 5.41) is 5.62. The van der Waals surface area contributed by atoms with E-state index in [-0.39, 0.29) is 11.8 Å². The van der Waals surface area contributed by atoms with Crippen molar-refractivity contribution in [2.45, 2.75) is 26.2 Å². The lowest BCUT2D eigenvalue weighted by molar-refractivity contribution is 0.101. The Kier molecular flexibility index (Phi) is 5.75. The van der Waals surface area contributed by atoms with Crippen molar-refractivity contribution in [3.8, 4) is 0 Å². The Balaban J connectivity index is 1.70. The fourth-order valence-corrected chi connectivity index (χ4v) is 2.47. The Labute approximate surface area is 125 Å². The number of carbonyl (C=O) groups excluding carboxylic acids is 2. The number of piperidine rings is 1. The van der Waals surface area contributed by atoms with E-state index in [9.17, 15) is 9.59 Å². The number of urea groups is 1. The number of hydrogen-bond donors (Lipinski definition) is 2. The Morgan fingerprint density at radius 1 is 1.10 bits per heavy atom. The number of amides is 2. The van der Waals surface area contributed by atoms with E-state index < -0.39 is 0 Å². The van der Waals surface area contributed by atoms with Crippen LogP contribution in [0, 0.1) is 0 Å². The van der Waals surface area contributed by atoms with Crippen LogP contribution in [-0.2, 0) is 0 Å². The fourth-order valence-electron chi connectivity index (χ4n) is 2.47. The van der Waals surface area contributed by atoms with Crippen LogP contribution in [0.25, 0.3) is 0 Å². The van der Waals surface area contributed by atoms with Crippen molar-refractivity contribution in [1.29, 1.82) is 0 Å². The van der Waals surface area contributed by atoms with E-state index in [0.717, 1.165) is 19.6 Å². The van der Waals surface area contributed by atoms with Crippen molar-refractivity contribution >= 4 is 17.5 Å². The highest BCUT2D eigenvalue weighted by atomic mass is 16.2. The summed E-state index contributed by atoms with van der Waals surface area (Å²) in [6.45, 7) is 5.34. The Hall–Kier alpha value is -1.88. The smallest absolute Gasteiger partial charge is 0.319 e. The second-order valence-corrected chi connectivity index (χ2v) is 5.42. The zero-order valence-electron chi connectivity index (χ0n) is 12.5. The summed E-state index contributed by atoms with van der Waals surface area (Å²) in [7, 11) is 0. The molecule has 0 saturated carbocycles. The van der Waals surface area contributed by atoms with E-state index in [1.807, 2.05) is 0 Å².